The molecule has 0 radical (unpaired) electrons. The van der Waals surface area contributed by atoms with Crippen LogP contribution in [0, 0.1) is 0 Å². The van der Waals surface area contributed by atoms with E-state index < -0.39 is 10.0 Å². The van der Waals surface area contributed by atoms with E-state index in [1.807, 2.05) is 61.1 Å². The van der Waals surface area contributed by atoms with E-state index in [9.17, 15) is 8.42 Å². The maximum atomic E-state index is 13.0. The van der Waals surface area contributed by atoms with Crippen molar-refractivity contribution >= 4 is 49.3 Å². The second-order valence-electron chi connectivity index (χ2n) is 7.21. The SMILES string of the molecule is Cn1cnnc1Sc1ccc(NS(=O)(=O)c2ccc3c(c2)c2ccccc2n3C)cc1. The molecule has 3 aromatic carbocycles. The van der Waals surface area contributed by atoms with Crippen molar-refractivity contribution < 1.29 is 8.42 Å². The molecule has 0 amide bonds. The first kappa shape index (κ1) is 19.7. The van der Waals surface area contributed by atoms with Gasteiger partial charge in [-0.25, -0.2) is 8.42 Å². The molecule has 31 heavy (non-hydrogen) atoms. The molecule has 5 rings (SSSR count). The fraction of sp³-hybridized carbons (Fsp3) is 0.0909. The summed E-state index contributed by atoms with van der Waals surface area (Å²) < 4.78 is 32.6. The molecule has 9 heteroatoms. The molecule has 2 heterocycles. The summed E-state index contributed by atoms with van der Waals surface area (Å²) in [6.07, 6.45) is 1.64. The highest BCUT2D eigenvalue weighted by molar-refractivity contribution is 7.99. The van der Waals surface area contributed by atoms with Crippen LogP contribution in [0.4, 0.5) is 5.69 Å². The summed E-state index contributed by atoms with van der Waals surface area (Å²) in [5.74, 6) is 0. The van der Waals surface area contributed by atoms with Gasteiger partial charge in [-0.1, -0.05) is 18.2 Å². The van der Waals surface area contributed by atoms with Crippen molar-refractivity contribution in [2.24, 2.45) is 14.1 Å². The van der Waals surface area contributed by atoms with Crippen LogP contribution in [0.1, 0.15) is 0 Å². The van der Waals surface area contributed by atoms with Gasteiger partial charge in [0.25, 0.3) is 10.0 Å². The van der Waals surface area contributed by atoms with Crippen LogP contribution in [0.25, 0.3) is 21.8 Å². The summed E-state index contributed by atoms with van der Waals surface area (Å²) in [5, 5.41) is 10.6. The maximum absolute atomic E-state index is 13.0. The lowest BCUT2D eigenvalue weighted by molar-refractivity contribution is 0.601. The van der Waals surface area contributed by atoms with Crippen molar-refractivity contribution in [1.29, 1.82) is 0 Å². The number of fused-ring (bicyclic) bond motifs is 3. The average molecular weight is 450 g/mol. The summed E-state index contributed by atoms with van der Waals surface area (Å²) in [6.45, 7) is 0. The van der Waals surface area contributed by atoms with Crippen molar-refractivity contribution in [3.8, 4) is 0 Å². The Labute approximate surface area is 183 Å². The van der Waals surface area contributed by atoms with E-state index in [1.165, 1.54) is 11.8 Å². The van der Waals surface area contributed by atoms with E-state index >= 15 is 0 Å². The van der Waals surface area contributed by atoms with Gasteiger partial charge in [0.15, 0.2) is 5.16 Å². The normalized spacial score (nSPS) is 11.9. The Hall–Kier alpha value is -3.30. The number of aryl methyl sites for hydroxylation is 2. The van der Waals surface area contributed by atoms with Gasteiger partial charge < -0.3 is 9.13 Å². The van der Waals surface area contributed by atoms with Gasteiger partial charge in [0.05, 0.1) is 4.90 Å². The van der Waals surface area contributed by atoms with E-state index in [-0.39, 0.29) is 4.90 Å². The van der Waals surface area contributed by atoms with E-state index in [1.54, 1.807) is 30.6 Å². The van der Waals surface area contributed by atoms with E-state index in [0.29, 0.717) is 5.69 Å². The van der Waals surface area contributed by atoms with Crippen molar-refractivity contribution in [3.05, 3.63) is 73.1 Å². The van der Waals surface area contributed by atoms with Crippen LogP contribution < -0.4 is 4.72 Å². The molecule has 0 aliphatic heterocycles. The Kier molecular flexibility index (Phi) is 4.71. The maximum Gasteiger partial charge on any atom is 0.261 e. The Morgan fingerprint density at radius 2 is 1.65 bits per heavy atom. The summed E-state index contributed by atoms with van der Waals surface area (Å²) in [6, 6.07) is 20.4. The number of anilines is 1. The third kappa shape index (κ3) is 3.55. The molecule has 0 atom stereocenters. The highest BCUT2D eigenvalue weighted by atomic mass is 32.2. The topological polar surface area (TPSA) is 81.8 Å². The van der Waals surface area contributed by atoms with Gasteiger partial charge in [-0.3, -0.25) is 4.72 Å². The zero-order chi connectivity index (χ0) is 21.6. The first-order chi connectivity index (χ1) is 14.9. The zero-order valence-electron chi connectivity index (χ0n) is 16.9. The second-order valence-corrected chi connectivity index (χ2v) is 9.93. The van der Waals surface area contributed by atoms with Gasteiger partial charge in [-0.05, 0) is 60.3 Å². The van der Waals surface area contributed by atoms with Crippen LogP contribution in [-0.4, -0.2) is 27.7 Å². The molecule has 0 unspecified atom stereocenters. The Morgan fingerprint density at radius 1 is 0.903 bits per heavy atom. The van der Waals surface area contributed by atoms with Crippen LogP contribution in [-0.2, 0) is 24.1 Å². The van der Waals surface area contributed by atoms with E-state index in [0.717, 1.165) is 31.9 Å². The predicted octanol–water partition coefficient (Wildman–Crippen LogP) is 4.41. The summed E-state index contributed by atoms with van der Waals surface area (Å²) >= 11 is 1.46. The third-order valence-electron chi connectivity index (χ3n) is 5.18. The number of para-hydroxylation sites is 1. The molecule has 0 saturated carbocycles. The Bertz CT molecular complexity index is 1520. The van der Waals surface area contributed by atoms with E-state index in [4.69, 9.17) is 0 Å². The third-order valence-corrected chi connectivity index (χ3v) is 7.62. The molecule has 7 nitrogen and oxygen atoms in total. The molecular weight excluding hydrogens is 430 g/mol. The molecule has 0 aliphatic carbocycles. The number of hydrogen-bond acceptors (Lipinski definition) is 5. The molecular formula is C22H19N5O2S2. The van der Waals surface area contributed by atoms with Crippen molar-refractivity contribution in [2.75, 3.05) is 4.72 Å². The smallest absolute Gasteiger partial charge is 0.261 e. The molecule has 0 aliphatic rings. The van der Waals surface area contributed by atoms with Crippen molar-refractivity contribution in [3.63, 3.8) is 0 Å². The van der Waals surface area contributed by atoms with Gasteiger partial charge in [0, 0.05) is 46.5 Å². The van der Waals surface area contributed by atoms with Crippen LogP contribution in [0.15, 0.2) is 88.0 Å². The fourth-order valence-electron chi connectivity index (χ4n) is 3.59. The minimum Gasteiger partial charge on any atom is -0.344 e. The highest BCUT2D eigenvalue weighted by Gasteiger charge is 2.17. The van der Waals surface area contributed by atoms with Crippen molar-refractivity contribution in [1.82, 2.24) is 19.3 Å². The Balaban J connectivity index is 1.43. The predicted molar refractivity (Wildman–Crippen MR) is 123 cm³/mol. The number of benzene rings is 3. The molecule has 0 saturated heterocycles. The van der Waals surface area contributed by atoms with Gasteiger partial charge in [-0.15, -0.1) is 10.2 Å². The van der Waals surface area contributed by atoms with Crippen LogP contribution >= 0.6 is 11.8 Å². The summed E-state index contributed by atoms with van der Waals surface area (Å²) in [4.78, 5) is 1.17. The molecule has 0 fully saturated rings. The largest absolute Gasteiger partial charge is 0.344 e. The second kappa shape index (κ2) is 7.44. The molecule has 156 valence electrons. The summed E-state index contributed by atoms with van der Waals surface area (Å²) in [5.41, 5.74) is 2.56. The number of rotatable bonds is 5. The molecule has 5 aromatic rings. The van der Waals surface area contributed by atoms with E-state index in [2.05, 4.69) is 19.5 Å². The molecule has 2 aromatic heterocycles. The van der Waals surface area contributed by atoms with Crippen LogP contribution in [0.3, 0.4) is 0 Å². The van der Waals surface area contributed by atoms with Gasteiger partial charge in [0.1, 0.15) is 6.33 Å². The van der Waals surface area contributed by atoms with Crippen molar-refractivity contribution in [2.45, 2.75) is 14.9 Å². The minimum absolute atomic E-state index is 0.230. The quantitative estimate of drug-likeness (QED) is 0.430. The van der Waals surface area contributed by atoms with Crippen LogP contribution in [0.5, 0.6) is 0 Å². The van der Waals surface area contributed by atoms with Crippen LogP contribution in [0.2, 0.25) is 0 Å². The molecule has 1 N–H and O–H groups in total. The number of hydrogen-bond donors (Lipinski definition) is 1. The highest BCUT2D eigenvalue weighted by Crippen LogP contribution is 2.31. The first-order valence-corrected chi connectivity index (χ1v) is 11.8. The van der Waals surface area contributed by atoms with Gasteiger partial charge in [-0.2, -0.15) is 0 Å². The lowest BCUT2D eigenvalue weighted by atomic mass is 10.1. The minimum atomic E-state index is -3.73. The monoisotopic (exact) mass is 449 g/mol. The zero-order valence-corrected chi connectivity index (χ0v) is 18.5. The van der Waals surface area contributed by atoms with Gasteiger partial charge >= 0.3 is 0 Å². The first-order valence-electron chi connectivity index (χ1n) is 9.54. The number of sulfonamides is 1. The fourth-order valence-corrected chi connectivity index (χ4v) is 5.44. The number of aromatic nitrogens is 4. The number of nitrogens with zero attached hydrogens (tertiary/aromatic N) is 4. The standard InChI is InChI=1S/C22H19N5O2S2/c1-26-14-23-24-22(26)30-16-9-7-15(8-10-16)25-31(28,29)17-11-12-21-19(13-17)18-5-3-4-6-20(18)27(21)2/h3-14,25H,1-2H3. The molecule has 0 spiro atoms. The number of nitrogens with one attached hydrogen (secondary N) is 1. The summed E-state index contributed by atoms with van der Waals surface area (Å²) in [7, 11) is 0.130. The average Bonchev–Trinajstić information content (AvgIpc) is 3.30. The molecule has 0 bridgehead atoms. The lowest BCUT2D eigenvalue weighted by Gasteiger charge is -2.09. The van der Waals surface area contributed by atoms with Gasteiger partial charge in [0.2, 0.25) is 0 Å². The lowest BCUT2D eigenvalue weighted by Crippen LogP contribution is -2.12. The Morgan fingerprint density at radius 3 is 2.39 bits per heavy atom.